The van der Waals surface area contributed by atoms with Gasteiger partial charge in [0, 0.05) is 24.4 Å². The molecule has 1 aromatic heterocycles. The fraction of sp³-hybridized carbons (Fsp3) is 0.333. The summed E-state index contributed by atoms with van der Waals surface area (Å²) < 4.78 is 6.36. The van der Waals surface area contributed by atoms with Crippen molar-refractivity contribution in [3.8, 4) is 17.2 Å². The summed E-state index contributed by atoms with van der Waals surface area (Å²) in [6.45, 7) is -0.751. The molecule has 1 aromatic carbocycles. The topological polar surface area (TPSA) is 216 Å². The molecule has 4 atom stereocenters. The van der Waals surface area contributed by atoms with Crippen molar-refractivity contribution in [2.24, 2.45) is 5.16 Å². The lowest BCUT2D eigenvalue weighted by Crippen LogP contribution is -2.41. The van der Waals surface area contributed by atoms with Crippen LogP contribution in [0.25, 0.3) is 0 Å². The molecule has 32 heavy (non-hydrogen) atoms. The second-order valence-corrected chi connectivity index (χ2v) is 6.78. The number of aliphatic hydroxyl groups excluding tert-OH is 2. The van der Waals surface area contributed by atoms with Gasteiger partial charge in [-0.15, -0.1) is 0 Å². The molecule has 3 rings (SSSR count). The highest BCUT2D eigenvalue weighted by Crippen LogP contribution is 2.34. The van der Waals surface area contributed by atoms with Crippen molar-refractivity contribution in [1.29, 1.82) is 0 Å². The number of benzene rings is 1. The van der Waals surface area contributed by atoms with Crippen molar-refractivity contribution < 1.29 is 39.9 Å². The Bertz CT molecular complexity index is 1100. The van der Waals surface area contributed by atoms with E-state index in [1.807, 2.05) is 4.98 Å². The molecule has 1 fully saturated rings. The van der Waals surface area contributed by atoms with Crippen molar-refractivity contribution >= 4 is 12.1 Å². The number of hydrogen-bond acceptors (Lipinski definition) is 11. The number of rotatable bonds is 7. The van der Waals surface area contributed by atoms with Crippen LogP contribution in [-0.2, 0) is 14.4 Å². The molecule has 1 amide bonds. The van der Waals surface area contributed by atoms with Crippen molar-refractivity contribution in [2.75, 3.05) is 13.2 Å². The fourth-order valence-corrected chi connectivity index (χ4v) is 2.91. The average molecular weight is 452 g/mol. The highest BCUT2D eigenvalue weighted by atomic mass is 16.6. The van der Waals surface area contributed by atoms with Crippen molar-refractivity contribution in [1.82, 2.24) is 14.9 Å². The van der Waals surface area contributed by atoms with Crippen LogP contribution >= 0.6 is 0 Å². The van der Waals surface area contributed by atoms with Gasteiger partial charge in [-0.2, -0.15) is 0 Å². The Kier molecular flexibility index (Phi) is 6.77. The number of phenols is 3. The maximum atomic E-state index is 11.9. The summed E-state index contributed by atoms with van der Waals surface area (Å²) in [5.41, 5.74) is -1.28. The Morgan fingerprint density at radius 3 is 2.56 bits per heavy atom. The minimum atomic E-state index is -1.49. The summed E-state index contributed by atoms with van der Waals surface area (Å²) in [6, 6.07) is 3.27. The molecule has 14 nitrogen and oxygen atoms in total. The fourth-order valence-electron chi connectivity index (χ4n) is 2.91. The molecule has 0 unspecified atom stereocenters. The first kappa shape index (κ1) is 22.8. The lowest BCUT2D eigenvalue weighted by Gasteiger charge is -2.16. The maximum Gasteiger partial charge on any atom is 0.330 e. The van der Waals surface area contributed by atoms with Gasteiger partial charge in [0.15, 0.2) is 30.1 Å². The summed E-state index contributed by atoms with van der Waals surface area (Å²) in [6.07, 6.45) is -3.03. The third-order valence-electron chi connectivity index (χ3n) is 4.53. The minimum Gasteiger partial charge on any atom is -0.504 e. The number of aromatic hydroxyl groups is 3. The zero-order valence-electron chi connectivity index (χ0n) is 16.3. The first-order valence-corrected chi connectivity index (χ1v) is 9.17. The smallest absolute Gasteiger partial charge is 0.330 e. The number of nitrogens with zero attached hydrogens (tertiary/aromatic N) is 2. The van der Waals surface area contributed by atoms with E-state index in [0.717, 1.165) is 35.2 Å². The normalized spacial score (nSPS) is 22.8. The molecular formula is C18H20N4O10. The third-order valence-corrected chi connectivity index (χ3v) is 4.53. The van der Waals surface area contributed by atoms with E-state index in [4.69, 9.17) is 9.57 Å². The Morgan fingerprint density at radius 1 is 1.22 bits per heavy atom. The molecule has 0 spiro atoms. The predicted octanol–water partition coefficient (Wildman–Crippen LogP) is -2.56. The Morgan fingerprint density at radius 2 is 1.91 bits per heavy atom. The van der Waals surface area contributed by atoms with E-state index in [0.29, 0.717) is 0 Å². The van der Waals surface area contributed by atoms with E-state index >= 15 is 0 Å². The first-order chi connectivity index (χ1) is 15.2. The van der Waals surface area contributed by atoms with Gasteiger partial charge in [-0.3, -0.25) is 19.1 Å². The van der Waals surface area contributed by atoms with Gasteiger partial charge in [-0.25, -0.2) is 4.79 Å². The highest BCUT2D eigenvalue weighted by molar-refractivity contribution is 5.82. The van der Waals surface area contributed by atoms with Crippen molar-refractivity contribution in [3.05, 3.63) is 50.8 Å². The number of aromatic nitrogens is 2. The predicted molar refractivity (Wildman–Crippen MR) is 105 cm³/mol. The largest absolute Gasteiger partial charge is 0.504 e. The molecule has 0 radical (unpaired) electrons. The zero-order chi connectivity index (χ0) is 23.4. The molecule has 172 valence electrons. The van der Waals surface area contributed by atoms with Crippen LogP contribution in [0.1, 0.15) is 11.8 Å². The van der Waals surface area contributed by atoms with Crippen LogP contribution in [0.4, 0.5) is 0 Å². The molecule has 0 bridgehead atoms. The zero-order valence-corrected chi connectivity index (χ0v) is 16.3. The third kappa shape index (κ3) is 5.05. The molecule has 7 N–H and O–H groups in total. The molecule has 2 heterocycles. The Hall–Kier alpha value is -3.88. The standard InChI is InChI=1S/C18H20N4O10/c23-9-3-8(4-10(24)14(9)27)5-20-31-7-13(26)19-6-11-15(28)16(29)17(32-11)22-2-1-12(25)21-18(22)30/h1-5,11,15-17,23-24,27-29H,6-7H2,(H,19,26)(H,21,25,30)/b20-5+/t11-,15-,16-,17-/m1/s1. The summed E-state index contributed by atoms with van der Waals surface area (Å²) in [7, 11) is 0. The molecule has 1 saturated heterocycles. The van der Waals surface area contributed by atoms with Gasteiger partial charge in [0.2, 0.25) is 0 Å². The Balaban J connectivity index is 1.49. The maximum absolute atomic E-state index is 11.9. The van der Waals surface area contributed by atoms with Crippen LogP contribution in [0, 0.1) is 0 Å². The second kappa shape index (κ2) is 9.51. The van der Waals surface area contributed by atoms with Gasteiger partial charge in [0.05, 0.1) is 6.21 Å². The van der Waals surface area contributed by atoms with Gasteiger partial charge >= 0.3 is 5.69 Å². The average Bonchev–Trinajstić information content (AvgIpc) is 3.02. The SMILES string of the molecule is O=C(CO/N=C/c1cc(O)c(O)c(O)c1)NC[C@H]1O[C@@H](n2ccc(=O)[nH]c2=O)[C@H](O)[C@@H]1O. The quantitative estimate of drug-likeness (QED) is 0.132. The highest BCUT2D eigenvalue weighted by Gasteiger charge is 2.44. The van der Waals surface area contributed by atoms with Crippen LogP contribution in [0.2, 0.25) is 0 Å². The van der Waals surface area contributed by atoms with E-state index in [2.05, 4.69) is 10.5 Å². The van der Waals surface area contributed by atoms with Gasteiger partial charge in [-0.05, 0) is 12.1 Å². The number of phenolic OH excluding ortho intramolecular Hbond substituents is 3. The van der Waals surface area contributed by atoms with Crippen LogP contribution in [0.3, 0.4) is 0 Å². The van der Waals surface area contributed by atoms with E-state index < -0.39 is 65.6 Å². The number of aromatic amines is 1. The monoisotopic (exact) mass is 452 g/mol. The van der Waals surface area contributed by atoms with E-state index in [-0.39, 0.29) is 12.1 Å². The van der Waals surface area contributed by atoms with Crippen LogP contribution < -0.4 is 16.6 Å². The molecule has 2 aromatic rings. The van der Waals surface area contributed by atoms with Gasteiger partial charge in [-0.1, -0.05) is 5.16 Å². The number of oxime groups is 1. The first-order valence-electron chi connectivity index (χ1n) is 9.17. The number of H-pyrrole nitrogens is 1. The summed E-state index contributed by atoms with van der Waals surface area (Å²) in [4.78, 5) is 41.7. The lowest BCUT2D eigenvalue weighted by molar-refractivity contribution is -0.126. The van der Waals surface area contributed by atoms with E-state index in [9.17, 15) is 39.9 Å². The minimum absolute atomic E-state index is 0.193. The number of amides is 1. The summed E-state index contributed by atoms with van der Waals surface area (Å²) in [5.74, 6) is -2.46. The lowest BCUT2D eigenvalue weighted by atomic mass is 10.1. The molecule has 14 heteroatoms. The Labute approximate surface area is 178 Å². The molecule has 1 aliphatic rings. The molecule has 0 aliphatic carbocycles. The van der Waals surface area contributed by atoms with Crippen LogP contribution in [0.15, 0.2) is 39.1 Å². The number of carbonyl (C=O) groups is 1. The number of aliphatic hydroxyl groups is 2. The number of ether oxygens (including phenoxy) is 1. The number of nitrogens with one attached hydrogen (secondary N) is 2. The molecule has 0 saturated carbocycles. The van der Waals surface area contributed by atoms with Crippen LogP contribution in [-0.4, -0.2) is 78.7 Å². The summed E-state index contributed by atoms with van der Waals surface area (Å²) in [5, 5.41) is 54.2. The number of hydrogen-bond donors (Lipinski definition) is 7. The second-order valence-electron chi connectivity index (χ2n) is 6.78. The van der Waals surface area contributed by atoms with Gasteiger partial charge < -0.3 is 40.4 Å². The van der Waals surface area contributed by atoms with Crippen molar-refractivity contribution in [2.45, 2.75) is 24.5 Å². The summed E-state index contributed by atoms with van der Waals surface area (Å²) >= 11 is 0. The van der Waals surface area contributed by atoms with Crippen molar-refractivity contribution in [3.63, 3.8) is 0 Å². The number of carbonyl (C=O) groups excluding carboxylic acids is 1. The van der Waals surface area contributed by atoms with Crippen LogP contribution in [0.5, 0.6) is 17.2 Å². The molecule has 1 aliphatic heterocycles. The van der Waals surface area contributed by atoms with Gasteiger partial charge in [0.25, 0.3) is 11.5 Å². The van der Waals surface area contributed by atoms with E-state index in [1.54, 1.807) is 0 Å². The van der Waals surface area contributed by atoms with E-state index in [1.165, 1.54) is 0 Å². The van der Waals surface area contributed by atoms with Gasteiger partial charge in [0.1, 0.15) is 18.3 Å². The molecular weight excluding hydrogens is 432 g/mol.